The van der Waals surface area contributed by atoms with Crippen molar-refractivity contribution < 1.29 is 14.3 Å². The molecule has 1 atom stereocenters. The van der Waals surface area contributed by atoms with Gasteiger partial charge in [0.05, 0.1) is 6.61 Å². The molecule has 0 unspecified atom stereocenters. The number of ether oxygens (including phenoxy) is 2. The van der Waals surface area contributed by atoms with Gasteiger partial charge in [0.1, 0.15) is 19.2 Å². The van der Waals surface area contributed by atoms with Crippen molar-refractivity contribution in [3.8, 4) is 5.75 Å². The lowest BCUT2D eigenvalue weighted by atomic mass is 9.84. The van der Waals surface area contributed by atoms with E-state index in [0.717, 1.165) is 54.7 Å². The third-order valence-electron chi connectivity index (χ3n) is 5.41. The van der Waals surface area contributed by atoms with Crippen molar-refractivity contribution in [2.45, 2.75) is 66.4 Å². The minimum atomic E-state index is -0.433. The maximum Gasteiger partial charge on any atom is 0.410 e. The molecule has 1 fully saturated rings. The maximum atomic E-state index is 12.2. The van der Waals surface area contributed by atoms with Crippen LogP contribution in [-0.2, 0) is 4.74 Å². The van der Waals surface area contributed by atoms with Gasteiger partial charge in [-0.3, -0.25) is 0 Å². The number of hydrogen-bond donors (Lipinski definition) is 0. The molecule has 0 N–H and O–H groups in total. The molecule has 0 aromatic heterocycles. The lowest BCUT2D eigenvalue weighted by Gasteiger charge is -2.35. The zero-order chi connectivity index (χ0) is 20.2. The number of likely N-dealkylation sites (tertiary alicyclic amines) is 1. The maximum absolute atomic E-state index is 12.2. The lowest BCUT2D eigenvalue weighted by Crippen LogP contribution is -2.42. The van der Waals surface area contributed by atoms with Gasteiger partial charge in [0.25, 0.3) is 0 Å². The molecular weight excluding hydrogens is 337 g/mol. The Morgan fingerprint density at radius 2 is 1.78 bits per heavy atom. The van der Waals surface area contributed by atoms with E-state index in [-0.39, 0.29) is 6.09 Å². The third kappa shape index (κ3) is 6.48. The van der Waals surface area contributed by atoms with Crippen molar-refractivity contribution >= 4 is 19.4 Å². The van der Waals surface area contributed by atoms with Crippen molar-refractivity contribution in [2.24, 2.45) is 11.8 Å². The highest BCUT2D eigenvalue weighted by molar-refractivity contribution is 6.34. The molecule has 4 nitrogen and oxygen atoms in total. The summed E-state index contributed by atoms with van der Waals surface area (Å²) in [5, 5.41) is 0. The SMILES string of the molecule is [B]c1c(C)cc(OCC[C@@H](C)C2CCN(C(=O)OC(C)(C)C)CC2)cc1C. The molecule has 27 heavy (non-hydrogen) atoms. The van der Waals surface area contributed by atoms with Gasteiger partial charge in [0, 0.05) is 13.1 Å². The number of aryl methyl sites for hydroxylation is 2. The standard InChI is InChI=1S/C22H34BNO3/c1-15(9-12-26-19-13-16(2)20(23)17(3)14-19)18-7-10-24(11-8-18)21(25)27-22(4,5)6/h13-15,18H,7-12H2,1-6H3/t15-/m1/s1. The van der Waals surface area contributed by atoms with Crippen molar-refractivity contribution in [3.63, 3.8) is 0 Å². The number of carbonyl (C=O) groups excluding carboxylic acids is 1. The molecule has 1 aliphatic rings. The number of benzene rings is 1. The predicted molar refractivity (Wildman–Crippen MR) is 111 cm³/mol. The van der Waals surface area contributed by atoms with E-state index < -0.39 is 5.60 Å². The fourth-order valence-electron chi connectivity index (χ4n) is 3.59. The fraction of sp³-hybridized carbons (Fsp3) is 0.682. The molecule has 0 spiro atoms. The highest BCUT2D eigenvalue weighted by Crippen LogP contribution is 2.28. The van der Waals surface area contributed by atoms with Gasteiger partial charge in [0.2, 0.25) is 0 Å². The number of hydrogen-bond acceptors (Lipinski definition) is 3. The predicted octanol–water partition coefficient (Wildman–Crippen LogP) is 4.15. The zero-order valence-corrected chi connectivity index (χ0v) is 17.8. The van der Waals surface area contributed by atoms with Gasteiger partial charge in [-0.05, 0) is 77.8 Å². The molecule has 1 amide bonds. The molecule has 148 valence electrons. The van der Waals surface area contributed by atoms with Crippen molar-refractivity contribution in [1.29, 1.82) is 0 Å². The van der Waals surface area contributed by atoms with Gasteiger partial charge in [0.15, 0.2) is 0 Å². The molecule has 1 saturated heterocycles. The van der Waals surface area contributed by atoms with Crippen LogP contribution in [0.3, 0.4) is 0 Å². The van der Waals surface area contributed by atoms with Crippen LogP contribution in [0.25, 0.3) is 0 Å². The normalized spacial score (nSPS) is 16.9. The van der Waals surface area contributed by atoms with Crippen LogP contribution in [0.5, 0.6) is 5.75 Å². The van der Waals surface area contributed by atoms with Crippen LogP contribution in [0.1, 0.15) is 58.1 Å². The van der Waals surface area contributed by atoms with E-state index in [1.54, 1.807) is 0 Å². The highest BCUT2D eigenvalue weighted by Gasteiger charge is 2.29. The Morgan fingerprint density at radius 3 is 2.30 bits per heavy atom. The molecule has 1 aromatic carbocycles. The highest BCUT2D eigenvalue weighted by atomic mass is 16.6. The van der Waals surface area contributed by atoms with Gasteiger partial charge in [-0.1, -0.05) is 23.5 Å². The van der Waals surface area contributed by atoms with Crippen LogP contribution in [-0.4, -0.2) is 44.1 Å². The van der Waals surface area contributed by atoms with Crippen LogP contribution >= 0.6 is 0 Å². The first-order chi connectivity index (χ1) is 12.6. The lowest BCUT2D eigenvalue weighted by molar-refractivity contribution is 0.0158. The quantitative estimate of drug-likeness (QED) is 0.730. The molecule has 1 heterocycles. The summed E-state index contributed by atoms with van der Waals surface area (Å²) in [5.41, 5.74) is 2.53. The van der Waals surface area contributed by atoms with Gasteiger partial charge in [-0.15, -0.1) is 0 Å². The smallest absolute Gasteiger partial charge is 0.410 e. The monoisotopic (exact) mass is 371 g/mol. The second-order valence-electron chi connectivity index (χ2n) is 8.89. The van der Waals surface area contributed by atoms with E-state index in [0.29, 0.717) is 18.4 Å². The average Bonchev–Trinajstić information content (AvgIpc) is 2.58. The molecule has 0 bridgehead atoms. The molecular formula is C22H34BNO3. The fourth-order valence-corrected chi connectivity index (χ4v) is 3.59. The topological polar surface area (TPSA) is 38.8 Å². The summed E-state index contributed by atoms with van der Waals surface area (Å²) in [7, 11) is 6.00. The second kappa shape index (κ2) is 9.03. The summed E-state index contributed by atoms with van der Waals surface area (Å²) in [4.78, 5) is 14.0. The van der Waals surface area contributed by atoms with Gasteiger partial charge >= 0.3 is 6.09 Å². The molecule has 2 radical (unpaired) electrons. The van der Waals surface area contributed by atoms with Crippen molar-refractivity contribution in [1.82, 2.24) is 4.90 Å². The summed E-state index contributed by atoms with van der Waals surface area (Å²) in [6.07, 6.45) is 2.88. The number of nitrogens with zero attached hydrogens (tertiary/aromatic N) is 1. The Kier molecular flexibility index (Phi) is 7.24. The minimum Gasteiger partial charge on any atom is -0.494 e. The van der Waals surface area contributed by atoms with E-state index in [4.69, 9.17) is 17.3 Å². The first kappa shape index (κ1) is 21.7. The Morgan fingerprint density at radius 1 is 1.22 bits per heavy atom. The van der Waals surface area contributed by atoms with E-state index in [2.05, 4.69) is 6.92 Å². The number of carbonyl (C=O) groups is 1. The Labute approximate surface area is 166 Å². The Balaban J connectivity index is 1.75. The van der Waals surface area contributed by atoms with E-state index in [1.165, 1.54) is 0 Å². The third-order valence-corrected chi connectivity index (χ3v) is 5.41. The van der Waals surface area contributed by atoms with E-state index in [9.17, 15) is 4.79 Å². The Bertz CT molecular complexity index is 622. The van der Waals surface area contributed by atoms with Crippen molar-refractivity contribution in [2.75, 3.05) is 19.7 Å². The largest absolute Gasteiger partial charge is 0.494 e. The summed E-state index contributed by atoms with van der Waals surface area (Å²) in [5.74, 6) is 2.09. The molecule has 1 aliphatic heterocycles. The molecule has 2 rings (SSSR count). The van der Waals surface area contributed by atoms with Crippen LogP contribution in [0.15, 0.2) is 12.1 Å². The van der Waals surface area contributed by atoms with E-state index >= 15 is 0 Å². The molecule has 1 aromatic rings. The second-order valence-corrected chi connectivity index (χ2v) is 8.89. The summed E-state index contributed by atoms with van der Waals surface area (Å²) in [6.45, 7) is 14.3. The Hall–Kier alpha value is -1.65. The first-order valence-corrected chi connectivity index (χ1v) is 10.0. The zero-order valence-electron chi connectivity index (χ0n) is 17.8. The number of piperidine rings is 1. The van der Waals surface area contributed by atoms with Crippen LogP contribution in [0.2, 0.25) is 0 Å². The molecule has 0 aliphatic carbocycles. The van der Waals surface area contributed by atoms with E-state index in [1.807, 2.05) is 51.7 Å². The van der Waals surface area contributed by atoms with Crippen LogP contribution < -0.4 is 10.2 Å². The molecule has 5 heteroatoms. The summed E-state index contributed by atoms with van der Waals surface area (Å²) >= 11 is 0. The number of rotatable bonds is 5. The first-order valence-electron chi connectivity index (χ1n) is 10.0. The number of amides is 1. The van der Waals surface area contributed by atoms with Gasteiger partial charge in [-0.25, -0.2) is 4.79 Å². The van der Waals surface area contributed by atoms with Crippen LogP contribution in [0.4, 0.5) is 4.79 Å². The van der Waals surface area contributed by atoms with Gasteiger partial charge < -0.3 is 14.4 Å². The van der Waals surface area contributed by atoms with Crippen LogP contribution in [0, 0.1) is 25.7 Å². The average molecular weight is 371 g/mol. The minimum absolute atomic E-state index is 0.189. The summed E-state index contributed by atoms with van der Waals surface area (Å²) in [6, 6.07) is 4.01. The van der Waals surface area contributed by atoms with Gasteiger partial charge in [-0.2, -0.15) is 0 Å². The van der Waals surface area contributed by atoms with Crippen molar-refractivity contribution in [3.05, 3.63) is 23.3 Å². The molecule has 0 saturated carbocycles. The summed E-state index contributed by atoms with van der Waals surface area (Å²) < 4.78 is 11.4.